The number of aromatic nitrogens is 2. The lowest BCUT2D eigenvalue weighted by molar-refractivity contribution is -0.384. The molecule has 33 heavy (non-hydrogen) atoms. The Labute approximate surface area is 193 Å². The van der Waals surface area contributed by atoms with Crippen molar-refractivity contribution in [1.29, 1.82) is 5.26 Å². The van der Waals surface area contributed by atoms with Crippen molar-refractivity contribution in [3.8, 4) is 17.6 Å². The summed E-state index contributed by atoms with van der Waals surface area (Å²) in [4.78, 5) is 22.9. The van der Waals surface area contributed by atoms with Gasteiger partial charge in [-0.25, -0.2) is 0 Å². The summed E-state index contributed by atoms with van der Waals surface area (Å²) in [5.41, 5.74) is 1.04. The lowest BCUT2D eigenvalue weighted by atomic mass is 10.1. The highest BCUT2D eigenvalue weighted by Crippen LogP contribution is 2.30. The summed E-state index contributed by atoms with van der Waals surface area (Å²) < 4.78 is 11.1. The monoisotopic (exact) mass is 465 g/mol. The molecular weight excluding hydrogens is 446 g/mol. The maximum Gasteiger partial charge on any atom is 0.269 e. The van der Waals surface area contributed by atoms with E-state index in [1.165, 1.54) is 36.7 Å². The first-order chi connectivity index (χ1) is 15.9. The third-order valence-electron chi connectivity index (χ3n) is 4.37. The summed E-state index contributed by atoms with van der Waals surface area (Å²) in [5.74, 6) is 0.190. The summed E-state index contributed by atoms with van der Waals surface area (Å²) in [6.45, 7) is 2.03. The molecule has 1 amide bonds. The third kappa shape index (κ3) is 6.11. The molecule has 0 fully saturated rings. The minimum Gasteiger partial charge on any atom is -0.493 e. The number of nitro groups is 1. The van der Waals surface area contributed by atoms with Crippen LogP contribution in [0.5, 0.6) is 11.5 Å². The van der Waals surface area contributed by atoms with Crippen molar-refractivity contribution in [1.82, 2.24) is 10.2 Å². The Hall–Kier alpha value is -4.30. The lowest BCUT2D eigenvalue weighted by Crippen LogP contribution is -2.13. The standard InChI is InChI=1S/C22H19N5O5S/c1-3-20-25-26-22(33-20)24-21(28)16(12-23)9-14-7-8-18(19(11-14)31-2)32-13-15-5-4-6-17(10-15)27(29)30/h4-11H,3,13H2,1-2H3,(H,24,26,28)/b16-9+. The molecule has 2 aromatic carbocycles. The number of amides is 1. The van der Waals surface area contributed by atoms with Crippen molar-refractivity contribution < 1.29 is 19.2 Å². The number of hydrogen-bond donors (Lipinski definition) is 1. The average molecular weight is 465 g/mol. The molecule has 1 aromatic heterocycles. The van der Waals surface area contributed by atoms with Crippen molar-refractivity contribution in [3.63, 3.8) is 0 Å². The first-order valence-electron chi connectivity index (χ1n) is 9.73. The zero-order valence-electron chi connectivity index (χ0n) is 17.8. The van der Waals surface area contributed by atoms with Crippen molar-refractivity contribution in [2.24, 2.45) is 0 Å². The molecule has 0 aliphatic rings. The van der Waals surface area contributed by atoms with Crippen LogP contribution in [-0.4, -0.2) is 28.1 Å². The van der Waals surface area contributed by atoms with E-state index in [1.807, 2.05) is 13.0 Å². The van der Waals surface area contributed by atoms with Crippen LogP contribution in [0.2, 0.25) is 0 Å². The fraction of sp³-hybridized carbons (Fsp3) is 0.182. The number of anilines is 1. The number of nitrogens with zero attached hydrogens (tertiary/aromatic N) is 4. The topological polar surface area (TPSA) is 140 Å². The minimum absolute atomic E-state index is 0.0229. The quantitative estimate of drug-likeness (QED) is 0.215. The maximum absolute atomic E-state index is 12.4. The molecule has 0 unspecified atom stereocenters. The highest BCUT2D eigenvalue weighted by atomic mass is 32.1. The van der Waals surface area contributed by atoms with Gasteiger partial charge < -0.3 is 9.47 Å². The number of benzene rings is 2. The van der Waals surface area contributed by atoms with E-state index in [-0.39, 0.29) is 17.9 Å². The molecule has 0 bridgehead atoms. The summed E-state index contributed by atoms with van der Waals surface area (Å²) in [7, 11) is 1.46. The average Bonchev–Trinajstić information content (AvgIpc) is 3.29. The Morgan fingerprint density at radius 1 is 1.27 bits per heavy atom. The van der Waals surface area contributed by atoms with E-state index in [1.54, 1.807) is 30.3 Å². The number of non-ortho nitro benzene ring substituents is 1. The van der Waals surface area contributed by atoms with Crippen molar-refractivity contribution in [2.45, 2.75) is 20.0 Å². The van der Waals surface area contributed by atoms with Crippen LogP contribution in [0.1, 0.15) is 23.1 Å². The Kier molecular flexibility index (Phi) is 7.67. The SMILES string of the molecule is CCc1nnc(NC(=O)/C(C#N)=C/c2ccc(OCc3cccc([N+](=O)[O-])c3)c(OC)c2)s1. The van der Waals surface area contributed by atoms with Crippen LogP contribution in [0.25, 0.3) is 6.08 Å². The number of methoxy groups -OCH3 is 1. The van der Waals surface area contributed by atoms with Gasteiger partial charge in [-0.05, 0) is 35.8 Å². The van der Waals surface area contributed by atoms with Crippen LogP contribution in [0.3, 0.4) is 0 Å². The fourth-order valence-electron chi connectivity index (χ4n) is 2.74. The van der Waals surface area contributed by atoms with Gasteiger partial charge in [0.2, 0.25) is 5.13 Å². The molecule has 11 heteroatoms. The number of rotatable bonds is 9. The van der Waals surface area contributed by atoms with E-state index in [0.29, 0.717) is 34.2 Å². The largest absolute Gasteiger partial charge is 0.493 e. The van der Waals surface area contributed by atoms with Crippen LogP contribution in [0.4, 0.5) is 10.8 Å². The van der Waals surface area contributed by atoms with Gasteiger partial charge in [0.25, 0.3) is 11.6 Å². The Bertz CT molecular complexity index is 1250. The molecule has 0 aliphatic carbocycles. The van der Waals surface area contributed by atoms with Gasteiger partial charge in [0, 0.05) is 12.1 Å². The Morgan fingerprint density at radius 2 is 2.09 bits per heavy atom. The van der Waals surface area contributed by atoms with Crippen LogP contribution >= 0.6 is 11.3 Å². The molecule has 0 aliphatic heterocycles. The lowest BCUT2D eigenvalue weighted by Gasteiger charge is -2.11. The fourth-order valence-corrected chi connectivity index (χ4v) is 3.42. The smallest absolute Gasteiger partial charge is 0.269 e. The van der Waals surface area contributed by atoms with E-state index in [2.05, 4.69) is 15.5 Å². The molecule has 168 valence electrons. The molecule has 3 aromatic rings. The number of carbonyl (C=O) groups excluding carboxylic acids is 1. The Morgan fingerprint density at radius 3 is 2.76 bits per heavy atom. The number of nitriles is 1. The maximum atomic E-state index is 12.4. The summed E-state index contributed by atoms with van der Waals surface area (Å²) in [6, 6.07) is 12.9. The zero-order valence-corrected chi connectivity index (χ0v) is 18.6. The molecule has 0 saturated heterocycles. The van der Waals surface area contributed by atoms with Crippen molar-refractivity contribution in [2.75, 3.05) is 12.4 Å². The predicted molar refractivity (Wildman–Crippen MR) is 122 cm³/mol. The molecule has 1 N–H and O–H groups in total. The normalized spacial score (nSPS) is 10.9. The zero-order chi connectivity index (χ0) is 23.8. The molecule has 1 heterocycles. The van der Waals surface area contributed by atoms with E-state index in [0.717, 1.165) is 5.01 Å². The van der Waals surface area contributed by atoms with E-state index >= 15 is 0 Å². The molecule has 0 spiro atoms. The molecule has 0 saturated carbocycles. The van der Waals surface area contributed by atoms with Gasteiger partial charge in [-0.3, -0.25) is 20.2 Å². The molecule has 10 nitrogen and oxygen atoms in total. The van der Waals surface area contributed by atoms with E-state index < -0.39 is 10.8 Å². The summed E-state index contributed by atoms with van der Waals surface area (Å²) in [5, 5.41) is 31.8. The summed E-state index contributed by atoms with van der Waals surface area (Å²) in [6.07, 6.45) is 2.12. The van der Waals surface area contributed by atoms with Crippen LogP contribution < -0.4 is 14.8 Å². The van der Waals surface area contributed by atoms with Crippen LogP contribution in [-0.2, 0) is 17.8 Å². The number of nitro benzene ring substituents is 1. The molecule has 0 radical (unpaired) electrons. The second-order valence-corrected chi connectivity index (χ2v) is 7.67. The number of ether oxygens (including phenoxy) is 2. The second-order valence-electron chi connectivity index (χ2n) is 6.60. The van der Waals surface area contributed by atoms with Gasteiger partial charge in [-0.1, -0.05) is 36.5 Å². The van der Waals surface area contributed by atoms with Gasteiger partial charge in [0.15, 0.2) is 11.5 Å². The van der Waals surface area contributed by atoms with E-state index in [9.17, 15) is 20.2 Å². The minimum atomic E-state index is -0.596. The highest BCUT2D eigenvalue weighted by Gasteiger charge is 2.14. The van der Waals surface area contributed by atoms with E-state index in [4.69, 9.17) is 9.47 Å². The summed E-state index contributed by atoms with van der Waals surface area (Å²) >= 11 is 1.24. The number of aryl methyl sites for hydroxylation is 1. The number of carbonyl (C=O) groups is 1. The van der Waals surface area contributed by atoms with Crippen molar-refractivity contribution in [3.05, 3.63) is 74.3 Å². The first-order valence-corrected chi connectivity index (χ1v) is 10.5. The molecule has 3 rings (SSSR count). The van der Waals surface area contributed by atoms with Gasteiger partial charge in [-0.15, -0.1) is 10.2 Å². The van der Waals surface area contributed by atoms with Gasteiger partial charge in [-0.2, -0.15) is 5.26 Å². The van der Waals surface area contributed by atoms with Crippen LogP contribution in [0.15, 0.2) is 48.0 Å². The molecular formula is C22H19N5O5S. The van der Waals surface area contributed by atoms with Crippen molar-refractivity contribution >= 4 is 34.1 Å². The van der Waals surface area contributed by atoms with Crippen LogP contribution in [0, 0.1) is 21.4 Å². The number of hydrogen-bond acceptors (Lipinski definition) is 9. The Balaban J connectivity index is 1.74. The number of nitrogens with one attached hydrogen (secondary N) is 1. The second kappa shape index (κ2) is 10.8. The third-order valence-corrected chi connectivity index (χ3v) is 5.35. The van der Waals surface area contributed by atoms with Gasteiger partial charge in [0.05, 0.1) is 12.0 Å². The highest BCUT2D eigenvalue weighted by molar-refractivity contribution is 7.15. The first kappa shape index (κ1) is 23.4. The predicted octanol–water partition coefficient (Wildman–Crippen LogP) is 4.14. The molecule has 0 atom stereocenters. The van der Waals surface area contributed by atoms with Gasteiger partial charge in [0.1, 0.15) is 23.3 Å². The van der Waals surface area contributed by atoms with Gasteiger partial charge >= 0.3 is 0 Å².